The monoisotopic (exact) mass is 252 g/mol. The number of nitrogens with two attached hydrogens (primary N) is 1. The Morgan fingerprint density at radius 3 is 2.83 bits per heavy atom. The molecule has 1 aliphatic heterocycles. The van der Waals surface area contributed by atoms with E-state index in [0.717, 1.165) is 5.56 Å². The number of alkyl halides is 1. The van der Waals surface area contributed by atoms with Gasteiger partial charge in [0, 0.05) is 12.6 Å². The van der Waals surface area contributed by atoms with Gasteiger partial charge < -0.3 is 15.4 Å². The van der Waals surface area contributed by atoms with Crippen LogP contribution in [0, 0.1) is 0 Å². The number of amides is 1. The number of halogens is 1. The molecule has 1 fully saturated rings. The van der Waals surface area contributed by atoms with E-state index in [4.69, 9.17) is 10.5 Å². The van der Waals surface area contributed by atoms with E-state index in [1.165, 1.54) is 4.90 Å². The zero-order chi connectivity index (χ0) is 13.0. The minimum absolute atomic E-state index is 0.0226. The average molecular weight is 252 g/mol. The maximum absolute atomic E-state index is 13.4. The van der Waals surface area contributed by atoms with Crippen LogP contribution in [-0.4, -0.2) is 36.3 Å². The minimum atomic E-state index is -1.16. The van der Waals surface area contributed by atoms with Gasteiger partial charge >= 0.3 is 6.09 Å². The van der Waals surface area contributed by atoms with E-state index in [0.29, 0.717) is 13.0 Å². The summed E-state index contributed by atoms with van der Waals surface area (Å²) in [6.45, 7) is 0.684. The van der Waals surface area contributed by atoms with Crippen LogP contribution in [0.25, 0.3) is 0 Å². The molecular formula is C13H17FN2O2. The van der Waals surface area contributed by atoms with Crippen molar-refractivity contribution >= 4 is 6.09 Å². The number of piperidine rings is 1. The fourth-order valence-electron chi connectivity index (χ4n) is 1.90. The molecular weight excluding hydrogens is 235 g/mol. The first-order valence-corrected chi connectivity index (χ1v) is 6.02. The summed E-state index contributed by atoms with van der Waals surface area (Å²) < 4.78 is 18.5. The molecule has 0 aliphatic carbocycles. The Labute approximate surface area is 106 Å². The summed E-state index contributed by atoms with van der Waals surface area (Å²) >= 11 is 0. The van der Waals surface area contributed by atoms with E-state index in [1.807, 2.05) is 30.3 Å². The lowest BCUT2D eigenvalue weighted by molar-refractivity contribution is 0.0660. The van der Waals surface area contributed by atoms with Crippen LogP contribution in [0.5, 0.6) is 0 Å². The average Bonchev–Trinajstić information content (AvgIpc) is 2.40. The number of hydrogen-bond acceptors (Lipinski definition) is 3. The SMILES string of the molecule is N[C@@H]1CCN(C(=O)OCc2ccccc2)C[C@@H]1F. The van der Waals surface area contributed by atoms with E-state index < -0.39 is 18.3 Å². The molecule has 98 valence electrons. The van der Waals surface area contributed by atoms with Gasteiger partial charge in [-0.25, -0.2) is 9.18 Å². The fraction of sp³-hybridized carbons (Fsp3) is 0.462. The van der Waals surface area contributed by atoms with Crippen LogP contribution in [-0.2, 0) is 11.3 Å². The third-order valence-corrected chi connectivity index (χ3v) is 3.06. The Balaban J connectivity index is 1.82. The second-order valence-electron chi connectivity index (χ2n) is 4.45. The van der Waals surface area contributed by atoms with Crippen LogP contribution in [0.2, 0.25) is 0 Å². The Bertz CT molecular complexity index is 399. The van der Waals surface area contributed by atoms with Crippen molar-refractivity contribution in [1.29, 1.82) is 0 Å². The Morgan fingerprint density at radius 1 is 1.44 bits per heavy atom. The number of benzene rings is 1. The largest absolute Gasteiger partial charge is 0.445 e. The molecule has 0 radical (unpaired) electrons. The molecule has 1 aromatic rings. The maximum Gasteiger partial charge on any atom is 0.410 e. The molecule has 0 unspecified atom stereocenters. The van der Waals surface area contributed by atoms with Crippen molar-refractivity contribution in [2.45, 2.75) is 25.2 Å². The topological polar surface area (TPSA) is 55.6 Å². The van der Waals surface area contributed by atoms with Crippen molar-refractivity contribution in [3.05, 3.63) is 35.9 Å². The highest BCUT2D eigenvalue weighted by atomic mass is 19.1. The predicted molar refractivity (Wildman–Crippen MR) is 65.7 cm³/mol. The molecule has 0 aromatic heterocycles. The Morgan fingerprint density at radius 2 is 2.17 bits per heavy atom. The summed E-state index contributed by atoms with van der Waals surface area (Å²) in [5.74, 6) is 0. The molecule has 0 bridgehead atoms. The van der Waals surface area contributed by atoms with Crippen LogP contribution < -0.4 is 5.73 Å². The van der Waals surface area contributed by atoms with Gasteiger partial charge in [0.1, 0.15) is 12.8 Å². The summed E-state index contributed by atoms with van der Waals surface area (Å²) in [6.07, 6.45) is -1.17. The molecule has 1 aliphatic rings. The molecule has 2 N–H and O–H groups in total. The van der Waals surface area contributed by atoms with Crippen molar-refractivity contribution in [2.24, 2.45) is 5.73 Å². The molecule has 5 heteroatoms. The second kappa shape index (κ2) is 5.82. The summed E-state index contributed by atoms with van der Waals surface area (Å²) in [4.78, 5) is 13.1. The van der Waals surface area contributed by atoms with Crippen molar-refractivity contribution in [3.63, 3.8) is 0 Å². The molecule has 18 heavy (non-hydrogen) atoms. The highest BCUT2D eigenvalue weighted by molar-refractivity contribution is 5.67. The van der Waals surface area contributed by atoms with Crippen molar-refractivity contribution in [2.75, 3.05) is 13.1 Å². The summed E-state index contributed by atoms with van der Waals surface area (Å²) in [7, 11) is 0. The highest BCUT2D eigenvalue weighted by Gasteiger charge is 2.29. The number of carbonyl (C=O) groups excluding carboxylic acids is 1. The standard InChI is InChI=1S/C13H17FN2O2/c14-11-8-16(7-6-12(11)15)13(17)18-9-10-4-2-1-3-5-10/h1-5,11-12H,6-9,15H2/t11-,12+/m0/s1. The first kappa shape index (κ1) is 12.8. The predicted octanol–water partition coefficient (Wildman–Crippen LogP) is 1.69. The molecule has 0 spiro atoms. The van der Waals surface area contributed by atoms with Crippen LogP contribution in [0.3, 0.4) is 0 Å². The van der Waals surface area contributed by atoms with E-state index in [-0.39, 0.29) is 13.2 Å². The maximum atomic E-state index is 13.4. The summed E-state index contributed by atoms with van der Waals surface area (Å²) in [5, 5.41) is 0. The number of ether oxygens (including phenoxy) is 1. The van der Waals surface area contributed by atoms with Crippen molar-refractivity contribution < 1.29 is 13.9 Å². The van der Waals surface area contributed by atoms with E-state index in [1.54, 1.807) is 0 Å². The molecule has 1 amide bonds. The van der Waals surface area contributed by atoms with Gasteiger partial charge in [-0.3, -0.25) is 0 Å². The molecule has 0 saturated carbocycles. The van der Waals surface area contributed by atoms with Gasteiger partial charge in [0.25, 0.3) is 0 Å². The quantitative estimate of drug-likeness (QED) is 0.871. The zero-order valence-electron chi connectivity index (χ0n) is 10.1. The van der Waals surface area contributed by atoms with E-state index in [2.05, 4.69) is 0 Å². The molecule has 2 atom stereocenters. The van der Waals surface area contributed by atoms with Gasteiger partial charge in [-0.2, -0.15) is 0 Å². The smallest absolute Gasteiger partial charge is 0.410 e. The molecule has 1 heterocycles. The van der Waals surface area contributed by atoms with Gasteiger partial charge in [0.15, 0.2) is 0 Å². The summed E-state index contributed by atoms with van der Waals surface area (Å²) in [5.41, 5.74) is 6.47. The molecule has 1 saturated heterocycles. The van der Waals surface area contributed by atoms with E-state index in [9.17, 15) is 9.18 Å². The number of hydrogen-bond donors (Lipinski definition) is 1. The number of rotatable bonds is 2. The first-order chi connectivity index (χ1) is 8.66. The molecule has 4 nitrogen and oxygen atoms in total. The third-order valence-electron chi connectivity index (χ3n) is 3.06. The van der Waals surface area contributed by atoms with Gasteiger partial charge in [-0.15, -0.1) is 0 Å². The van der Waals surface area contributed by atoms with Crippen LogP contribution in [0.1, 0.15) is 12.0 Å². The van der Waals surface area contributed by atoms with E-state index >= 15 is 0 Å². The van der Waals surface area contributed by atoms with Crippen LogP contribution >= 0.6 is 0 Å². The fourth-order valence-corrected chi connectivity index (χ4v) is 1.90. The minimum Gasteiger partial charge on any atom is -0.445 e. The Kier molecular flexibility index (Phi) is 4.15. The van der Waals surface area contributed by atoms with Crippen molar-refractivity contribution in [3.8, 4) is 0 Å². The lowest BCUT2D eigenvalue weighted by Crippen LogP contribution is -2.50. The van der Waals surface area contributed by atoms with Gasteiger partial charge in [0.2, 0.25) is 0 Å². The third kappa shape index (κ3) is 3.20. The lowest BCUT2D eigenvalue weighted by atomic mass is 10.1. The van der Waals surface area contributed by atoms with Crippen molar-refractivity contribution in [1.82, 2.24) is 4.90 Å². The molecule has 2 rings (SSSR count). The van der Waals surface area contributed by atoms with Gasteiger partial charge in [0.05, 0.1) is 6.54 Å². The van der Waals surface area contributed by atoms with Gasteiger partial charge in [-0.05, 0) is 12.0 Å². The Hall–Kier alpha value is -1.62. The number of likely N-dealkylation sites (tertiary alicyclic amines) is 1. The normalized spacial score (nSPS) is 23.8. The number of carbonyl (C=O) groups is 1. The zero-order valence-corrected chi connectivity index (χ0v) is 10.1. The second-order valence-corrected chi connectivity index (χ2v) is 4.45. The summed E-state index contributed by atoms with van der Waals surface area (Å²) in [6, 6.07) is 8.92. The number of nitrogens with zero attached hydrogens (tertiary/aromatic N) is 1. The van der Waals surface area contributed by atoms with Gasteiger partial charge in [-0.1, -0.05) is 30.3 Å². The highest BCUT2D eigenvalue weighted by Crippen LogP contribution is 2.14. The lowest BCUT2D eigenvalue weighted by Gasteiger charge is -2.32. The van der Waals surface area contributed by atoms with Crippen LogP contribution in [0.15, 0.2) is 30.3 Å². The van der Waals surface area contributed by atoms with Crippen LogP contribution in [0.4, 0.5) is 9.18 Å². The first-order valence-electron chi connectivity index (χ1n) is 6.02. The molecule has 1 aromatic carbocycles.